The van der Waals surface area contributed by atoms with E-state index in [1.54, 1.807) is 50.2 Å². The van der Waals surface area contributed by atoms with Crippen molar-refractivity contribution in [3.8, 4) is 11.1 Å². The molecule has 0 aromatic heterocycles. The topological polar surface area (TPSA) is 0 Å². The lowest BCUT2D eigenvalue weighted by Gasteiger charge is -2.09. The van der Waals surface area contributed by atoms with Crippen LogP contribution in [0.25, 0.3) is 11.1 Å². The van der Waals surface area contributed by atoms with Gasteiger partial charge in [0.2, 0.25) is 0 Å². The van der Waals surface area contributed by atoms with Crippen LogP contribution in [0.5, 0.6) is 0 Å². The third-order valence-corrected chi connectivity index (χ3v) is 4.12. The minimum atomic E-state index is -0.423. The fourth-order valence-electron chi connectivity index (χ4n) is 2.68. The highest BCUT2D eigenvalue weighted by molar-refractivity contribution is 5.65. The van der Waals surface area contributed by atoms with E-state index < -0.39 is 5.82 Å². The van der Waals surface area contributed by atoms with Crippen LogP contribution in [0, 0.1) is 31.3 Å². The molecule has 0 aliphatic rings. The predicted octanol–water partition coefficient (Wildman–Crippen LogP) is 5.98. The molecule has 0 spiro atoms. The highest BCUT2D eigenvalue weighted by Gasteiger charge is 2.10. The van der Waals surface area contributed by atoms with E-state index in [0.717, 1.165) is 5.56 Å². The zero-order valence-corrected chi connectivity index (χ0v) is 13.5. The lowest BCUT2D eigenvalue weighted by Crippen LogP contribution is -1.96. The van der Waals surface area contributed by atoms with E-state index >= 15 is 0 Å². The average Bonchev–Trinajstić information content (AvgIpc) is 2.53. The molecule has 0 saturated heterocycles. The van der Waals surface area contributed by atoms with Crippen molar-refractivity contribution < 1.29 is 13.2 Å². The van der Waals surface area contributed by atoms with Gasteiger partial charge in [-0.2, -0.15) is 0 Å². The standard InChI is InChI=1S/C21H17F3/c1-13-3-8-18(21(24)9-13)16-6-7-17(20(23)12-16)10-15-5-4-14(2)19(22)11-15/h3-9,11-12H,10H2,1-2H3. The number of rotatable bonds is 3. The predicted molar refractivity (Wildman–Crippen MR) is 90.5 cm³/mol. The molecule has 0 unspecified atom stereocenters. The molecule has 0 amide bonds. The van der Waals surface area contributed by atoms with Crippen molar-refractivity contribution in [1.82, 2.24) is 0 Å². The summed E-state index contributed by atoms with van der Waals surface area (Å²) in [5.41, 5.74) is 3.39. The molecule has 0 N–H and O–H groups in total. The quantitative estimate of drug-likeness (QED) is 0.555. The van der Waals surface area contributed by atoms with E-state index in [9.17, 15) is 13.2 Å². The van der Waals surface area contributed by atoms with E-state index in [2.05, 4.69) is 0 Å². The SMILES string of the molecule is Cc1ccc(-c2ccc(Cc3ccc(C)c(F)c3)c(F)c2)c(F)c1. The first kappa shape index (κ1) is 16.3. The first-order chi connectivity index (χ1) is 11.4. The Morgan fingerprint density at radius 1 is 0.708 bits per heavy atom. The lowest BCUT2D eigenvalue weighted by atomic mass is 9.98. The van der Waals surface area contributed by atoms with Crippen LogP contribution < -0.4 is 0 Å². The Morgan fingerprint density at radius 2 is 1.50 bits per heavy atom. The smallest absolute Gasteiger partial charge is 0.131 e. The first-order valence-corrected chi connectivity index (χ1v) is 7.74. The summed E-state index contributed by atoms with van der Waals surface area (Å²) in [6.45, 7) is 3.49. The molecule has 0 saturated carbocycles. The van der Waals surface area contributed by atoms with Gasteiger partial charge in [0.1, 0.15) is 17.5 Å². The van der Waals surface area contributed by atoms with E-state index in [1.165, 1.54) is 18.2 Å². The molecule has 0 aliphatic heterocycles. The van der Waals surface area contributed by atoms with Crippen molar-refractivity contribution in [3.05, 3.63) is 94.3 Å². The second kappa shape index (κ2) is 6.52. The molecular formula is C21H17F3. The Balaban J connectivity index is 1.90. The van der Waals surface area contributed by atoms with E-state index in [4.69, 9.17) is 0 Å². The van der Waals surface area contributed by atoms with Crippen LogP contribution in [0.2, 0.25) is 0 Å². The minimum Gasteiger partial charge on any atom is -0.207 e. The number of hydrogen-bond donors (Lipinski definition) is 0. The molecule has 122 valence electrons. The van der Waals surface area contributed by atoms with Crippen molar-refractivity contribution in [2.24, 2.45) is 0 Å². The fraction of sp³-hybridized carbons (Fsp3) is 0.143. The van der Waals surface area contributed by atoms with Crippen molar-refractivity contribution in [1.29, 1.82) is 0 Å². The van der Waals surface area contributed by atoms with Gasteiger partial charge in [-0.1, -0.05) is 36.4 Å². The lowest BCUT2D eigenvalue weighted by molar-refractivity contribution is 0.608. The van der Waals surface area contributed by atoms with Crippen LogP contribution >= 0.6 is 0 Å². The van der Waals surface area contributed by atoms with Crippen molar-refractivity contribution >= 4 is 0 Å². The van der Waals surface area contributed by atoms with E-state index in [1.807, 2.05) is 0 Å². The van der Waals surface area contributed by atoms with Gasteiger partial charge in [-0.15, -0.1) is 0 Å². The van der Waals surface area contributed by atoms with Crippen LogP contribution in [0.4, 0.5) is 13.2 Å². The summed E-state index contributed by atoms with van der Waals surface area (Å²) in [5, 5.41) is 0. The van der Waals surface area contributed by atoms with Gasteiger partial charge in [-0.25, -0.2) is 13.2 Å². The zero-order valence-electron chi connectivity index (χ0n) is 13.5. The molecule has 0 nitrogen and oxygen atoms in total. The summed E-state index contributed by atoms with van der Waals surface area (Å²) < 4.78 is 42.0. The van der Waals surface area contributed by atoms with Gasteiger partial charge in [0.15, 0.2) is 0 Å². The Bertz CT molecular complexity index is 898. The molecule has 0 heterocycles. The van der Waals surface area contributed by atoms with Crippen molar-refractivity contribution in [2.45, 2.75) is 20.3 Å². The number of benzene rings is 3. The van der Waals surface area contributed by atoms with Crippen molar-refractivity contribution in [3.63, 3.8) is 0 Å². The molecule has 0 fully saturated rings. The summed E-state index contributed by atoms with van der Waals surface area (Å²) in [7, 11) is 0. The Morgan fingerprint density at radius 3 is 2.17 bits per heavy atom. The maximum Gasteiger partial charge on any atom is 0.131 e. The molecule has 0 radical (unpaired) electrons. The summed E-state index contributed by atoms with van der Waals surface area (Å²) >= 11 is 0. The highest BCUT2D eigenvalue weighted by atomic mass is 19.1. The third-order valence-electron chi connectivity index (χ3n) is 4.12. The van der Waals surface area contributed by atoms with Crippen LogP contribution in [-0.2, 0) is 6.42 Å². The Labute approximate surface area is 139 Å². The van der Waals surface area contributed by atoms with Crippen LogP contribution in [0.15, 0.2) is 54.6 Å². The Hall–Kier alpha value is -2.55. The molecule has 3 heteroatoms. The summed E-state index contributed by atoms with van der Waals surface area (Å²) in [4.78, 5) is 0. The average molecular weight is 326 g/mol. The maximum atomic E-state index is 14.4. The van der Waals surface area contributed by atoms with Gasteiger partial charge in [-0.3, -0.25) is 0 Å². The van der Waals surface area contributed by atoms with Gasteiger partial charge < -0.3 is 0 Å². The molecule has 0 bridgehead atoms. The largest absolute Gasteiger partial charge is 0.207 e. The summed E-state index contributed by atoms with van der Waals surface area (Å²) in [6, 6.07) is 14.4. The van der Waals surface area contributed by atoms with Gasteiger partial charge in [0.25, 0.3) is 0 Å². The maximum absolute atomic E-state index is 14.4. The number of hydrogen-bond acceptors (Lipinski definition) is 0. The van der Waals surface area contributed by atoms with Gasteiger partial charge in [0.05, 0.1) is 0 Å². The summed E-state index contributed by atoms with van der Waals surface area (Å²) in [5.74, 6) is -1.09. The molecular weight excluding hydrogens is 309 g/mol. The van der Waals surface area contributed by atoms with Gasteiger partial charge >= 0.3 is 0 Å². The van der Waals surface area contributed by atoms with Gasteiger partial charge in [0, 0.05) is 12.0 Å². The second-order valence-corrected chi connectivity index (χ2v) is 6.05. The van der Waals surface area contributed by atoms with E-state index in [0.29, 0.717) is 34.2 Å². The normalized spacial score (nSPS) is 10.9. The zero-order chi connectivity index (χ0) is 17.3. The highest BCUT2D eigenvalue weighted by Crippen LogP contribution is 2.26. The van der Waals surface area contributed by atoms with Crippen molar-refractivity contribution in [2.75, 3.05) is 0 Å². The third kappa shape index (κ3) is 3.35. The van der Waals surface area contributed by atoms with Crippen LogP contribution in [-0.4, -0.2) is 0 Å². The summed E-state index contributed by atoms with van der Waals surface area (Å²) in [6.07, 6.45) is 0.291. The number of aryl methyl sites for hydroxylation is 2. The minimum absolute atomic E-state index is 0.291. The monoisotopic (exact) mass is 326 g/mol. The molecule has 0 aliphatic carbocycles. The number of halogens is 3. The van der Waals surface area contributed by atoms with Gasteiger partial charge in [-0.05, 0) is 59.9 Å². The first-order valence-electron chi connectivity index (χ1n) is 7.74. The Kier molecular flexibility index (Phi) is 4.43. The van der Waals surface area contributed by atoms with E-state index in [-0.39, 0.29) is 11.6 Å². The molecule has 24 heavy (non-hydrogen) atoms. The van der Waals surface area contributed by atoms with Crippen LogP contribution in [0.1, 0.15) is 22.3 Å². The second-order valence-electron chi connectivity index (χ2n) is 6.05. The fourth-order valence-corrected chi connectivity index (χ4v) is 2.68. The van der Waals surface area contributed by atoms with Crippen LogP contribution in [0.3, 0.4) is 0 Å². The molecule has 3 rings (SSSR count). The molecule has 3 aromatic rings. The molecule has 3 aromatic carbocycles. The molecule has 0 atom stereocenters.